The molecule has 1 fully saturated rings. The average Bonchev–Trinajstić information content (AvgIpc) is 2.62. The zero-order chi connectivity index (χ0) is 20.6. The van der Waals surface area contributed by atoms with Crippen molar-refractivity contribution in [2.75, 3.05) is 12.4 Å². The van der Waals surface area contributed by atoms with Crippen LogP contribution in [0.15, 0.2) is 36.4 Å². The fourth-order valence-corrected chi connectivity index (χ4v) is 4.15. The molecule has 6 nitrogen and oxygen atoms in total. The summed E-state index contributed by atoms with van der Waals surface area (Å²) >= 11 is 0. The zero-order valence-electron chi connectivity index (χ0n) is 14.4. The number of nitrogens with one attached hydrogen (secondary N) is 2. The third kappa shape index (κ3) is 4.01. The van der Waals surface area contributed by atoms with Gasteiger partial charge in [0, 0.05) is 30.9 Å². The van der Waals surface area contributed by atoms with Crippen LogP contribution in [-0.2, 0) is 15.0 Å². The van der Waals surface area contributed by atoms with Crippen LogP contribution in [0.3, 0.4) is 0 Å². The molecule has 11 heteroatoms. The third-order valence-electron chi connectivity index (χ3n) is 4.39. The van der Waals surface area contributed by atoms with Crippen LogP contribution in [0, 0.1) is 23.3 Å². The molecule has 0 spiro atoms. The number of hydrogen-bond acceptors (Lipinski definition) is 3. The van der Waals surface area contributed by atoms with Gasteiger partial charge in [-0.15, -0.1) is 0 Å². The van der Waals surface area contributed by atoms with Crippen molar-refractivity contribution in [2.45, 2.75) is 18.5 Å². The van der Waals surface area contributed by atoms with Gasteiger partial charge < -0.3 is 5.32 Å². The van der Waals surface area contributed by atoms with Crippen molar-refractivity contribution in [1.29, 1.82) is 0 Å². The van der Waals surface area contributed by atoms with Gasteiger partial charge in [-0.2, -0.15) is 17.4 Å². The minimum absolute atomic E-state index is 0.0284. The van der Waals surface area contributed by atoms with Crippen LogP contribution in [0.5, 0.6) is 0 Å². The van der Waals surface area contributed by atoms with Gasteiger partial charge in [0.25, 0.3) is 10.2 Å². The van der Waals surface area contributed by atoms with Crippen molar-refractivity contribution in [3.8, 4) is 0 Å². The second kappa shape index (κ2) is 7.49. The lowest BCUT2D eigenvalue weighted by atomic mass is 9.99. The SMILES string of the molecule is CN1[C@H](C(=O)Nc2cc(F)c(F)c(F)c2)C[C@H](c2ccc(F)cc2)NS1(=O)=O. The van der Waals surface area contributed by atoms with Gasteiger partial charge in [0.05, 0.1) is 0 Å². The van der Waals surface area contributed by atoms with Crippen molar-refractivity contribution >= 4 is 21.8 Å². The van der Waals surface area contributed by atoms with Gasteiger partial charge in [-0.05, 0) is 24.1 Å². The van der Waals surface area contributed by atoms with E-state index in [0.29, 0.717) is 17.7 Å². The first-order valence-corrected chi connectivity index (χ1v) is 9.48. The lowest BCUT2D eigenvalue weighted by molar-refractivity contribution is -0.120. The van der Waals surface area contributed by atoms with E-state index in [2.05, 4.69) is 10.0 Å². The van der Waals surface area contributed by atoms with Gasteiger partial charge in [0.15, 0.2) is 17.5 Å². The molecule has 0 saturated carbocycles. The molecule has 3 rings (SSSR count). The van der Waals surface area contributed by atoms with Crippen LogP contribution < -0.4 is 10.0 Å². The molecule has 1 amide bonds. The maximum absolute atomic E-state index is 13.3. The van der Waals surface area contributed by atoms with E-state index in [1.54, 1.807) is 0 Å². The molecule has 0 unspecified atom stereocenters. The quantitative estimate of drug-likeness (QED) is 0.595. The Kier molecular flexibility index (Phi) is 5.41. The first kappa shape index (κ1) is 20.2. The minimum atomic E-state index is -4.06. The molecule has 2 aromatic rings. The molecule has 2 N–H and O–H groups in total. The Morgan fingerprint density at radius 2 is 1.68 bits per heavy atom. The fraction of sp³-hybridized carbons (Fsp3) is 0.235. The number of nitrogens with zero attached hydrogens (tertiary/aromatic N) is 1. The molecule has 2 atom stereocenters. The molecule has 0 aromatic heterocycles. The van der Waals surface area contributed by atoms with Gasteiger partial charge >= 0.3 is 0 Å². The van der Waals surface area contributed by atoms with E-state index in [1.165, 1.54) is 19.2 Å². The van der Waals surface area contributed by atoms with Crippen molar-refractivity contribution < 1.29 is 30.8 Å². The number of anilines is 1. The van der Waals surface area contributed by atoms with E-state index in [1.807, 2.05) is 0 Å². The van der Waals surface area contributed by atoms with Gasteiger partial charge in [0.1, 0.15) is 11.9 Å². The summed E-state index contributed by atoms with van der Waals surface area (Å²) in [6.45, 7) is 0. The average molecular weight is 417 g/mol. The number of carbonyl (C=O) groups excluding carboxylic acids is 1. The lowest BCUT2D eigenvalue weighted by Gasteiger charge is -2.36. The largest absolute Gasteiger partial charge is 0.324 e. The van der Waals surface area contributed by atoms with E-state index < -0.39 is 51.5 Å². The number of likely N-dealkylation sites (N-methyl/N-ethyl adjacent to an activating group) is 1. The molecule has 1 saturated heterocycles. The summed E-state index contributed by atoms with van der Waals surface area (Å²) in [5.41, 5.74) is 0.0822. The summed E-state index contributed by atoms with van der Waals surface area (Å²) in [6, 6.07) is 4.20. The molecule has 0 bridgehead atoms. The van der Waals surface area contributed by atoms with Gasteiger partial charge in [-0.3, -0.25) is 4.79 Å². The first-order chi connectivity index (χ1) is 13.1. The topological polar surface area (TPSA) is 78.5 Å². The molecule has 0 aliphatic carbocycles. The number of carbonyl (C=O) groups is 1. The molecule has 0 radical (unpaired) electrons. The van der Waals surface area contributed by atoms with Crippen molar-refractivity contribution in [1.82, 2.24) is 9.03 Å². The molecule has 2 aromatic carbocycles. The Morgan fingerprint density at radius 3 is 2.25 bits per heavy atom. The first-order valence-electron chi connectivity index (χ1n) is 8.04. The van der Waals surface area contributed by atoms with E-state index in [0.717, 1.165) is 16.4 Å². The highest BCUT2D eigenvalue weighted by atomic mass is 32.2. The molecule has 1 aliphatic rings. The van der Waals surface area contributed by atoms with Crippen LogP contribution >= 0.6 is 0 Å². The number of amides is 1. The van der Waals surface area contributed by atoms with Crippen LogP contribution in [0.25, 0.3) is 0 Å². The summed E-state index contributed by atoms with van der Waals surface area (Å²) in [5, 5.41) is 2.19. The summed E-state index contributed by atoms with van der Waals surface area (Å²) in [6.07, 6.45) is -0.0284. The monoisotopic (exact) mass is 417 g/mol. The van der Waals surface area contributed by atoms with E-state index >= 15 is 0 Å². The Bertz CT molecular complexity index is 992. The fourth-order valence-electron chi connectivity index (χ4n) is 2.87. The van der Waals surface area contributed by atoms with Crippen LogP contribution in [-0.4, -0.2) is 31.7 Å². The second-order valence-electron chi connectivity index (χ2n) is 6.24. The summed E-state index contributed by atoms with van der Waals surface area (Å²) in [5.74, 6) is -6.04. The highest BCUT2D eigenvalue weighted by Crippen LogP contribution is 2.29. The van der Waals surface area contributed by atoms with E-state index in [9.17, 15) is 30.8 Å². The Hall–Kier alpha value is -2.50. The van der Waals surface area contributed by atoms with E-state index in [4.69, 9.17) is 0 Å². The van der Waals surface area contributed by atoms with Crippen molar-refractivity contribution in [3.05, 3.63) is 65.2 Å². The van der Waals surface area contributed by atoms with Gasteiger partial charge in [0.2, 0.25) is 5.91 Å². The second-order valence-corrected chi connectivity index (χ2v) is 8.00. The molecule has 1 aliphatic heterocycles. The number of rotatable bonds is 3. The van der Waals surface area contributed by atoms with Crippen LogP contribution in [0.2, 0.25) is 0 Å². The lowest BCUT2D eigenvalue weighted by Crippen LogP contribution is -2.55. The molecular formula is C17H15F4N3O3S. The number of hydrogen-bond donors (Lipinski definition) is 2. The standard InChI is InChI=1S/C17H15F4N3O3S/c1-24-15(17(25)22-11-6-12(19)16(21)13(20)7-11)8-14(23-28(24,26)27)9-2-4-10(18)5-3-9/h2-7,14-15,23H,8H2,1H3,(H,22,25)/t14-,15+/m1/s1. The van der Waals surface area contributed by atoms with Crippen LogP contribution in [0.1, 0.15) is 18.0 Å². The molecule has 28 heavy (non-hydrogen) atoms. The summed E-state index contributed by atoms with van der Waals surface area (Å²) in [7, 11) is -2.89. The Morgan fingerprint density at radius 1 is 1.11 bits per heavy atom. The van der Waals surface area contributed by atoms with Gasteiger partial charge in [-0.1, -0.05) is 12.1 Å². The normalized spacial score (nSPS) is 22.0. The number of halogens is 4. The third-order valence-corrected chi connectivity index (χ3v) is 5.99. The van der Waals surface area contributed by atoms with Crippen LogP contribution in [0.4, 0.5) is 23.2 Å². The summed E-state index contributed by atoms with van der Waals surface area (Å²) in [4.78, 5) is 12.6. The highest BCUT2D eigenvalue weighted by Gasteiger charge is 2.40. The highest BCUT2D eigenvalue weighted by molar-refractivity contribution is 7.87. The predicted octanol–water partition coefficient (Wildman–Crippen LogP) is 2.46. The summed E-state index contributed by atoms with van der Waals surface area (Å²) < 4.78 is 80.7. The molecular weight excluding hydrogens is 402 g/mol. The Labute approximate surface area is 158 Å². The number of benzene rings is 2. The minimum Gasteiger partial charge on any atom is -0.324 e. The van der Waals surface area contributed by atoms with Crippen molar-refractivity contribution in [3.63, 3.8) is 0 Å². The smallest absolute Gasteiger partial charge is 0.280 e. The van der Waals surface area contributed by atoms with E-state index in [-0.39, 0.29) is 12.1 Å². The van der Waals surface area contributed by atoms with Gasteiger partial charge in [-0.25, -0.2) is 17.6 Å². The maximum atomic E-state index is 13.3. The molecule has 150 valence electrons. The zero-order valence-corrected chi connectivity index (χ0v) is 15.2. The maximum Gasteiger partial charge on any atom is 0.280 e. The molecule has 1 heterocycles. The Balaban J connectivity index is 1.86. The predicted molar refractivity (Wildman–Crippen MR) is 92.3 cm³/mol. The van der Waals surface area contributed by atoms with Crippen molar-refractivity contribution in [2.24, 2.45) is 0 Å².